The molecule has 1 rings (SSSR count). The fourth-order valence-electron chi connectivity index (χ4n) is 2.22. The monoisotopic (exact) mass is 328 g/mol. The molecule has 0 heterocycles. The van der Waals surface area contributed by atoms with E-state index in [1.54, 1.807) is 18.2 Å². The molecule has 1 aromatic rings. The number of carbonyl (C=O) groups excluding carboxylic acids is 1. The molecule has 1 aromatic carbocycles. The van der Waals surface area contributed by atoms with E-state index in [0.29, 0.717) is 24.0 Å². The quantitative estimate of drug-likeness (QED) is 0.703. The number of nitrogens with two attached hydrogens (primary N) is 1. The van der Waals surface area contributed by atoms with Crippen LogP contribution in [0.1, 0.15) is 42.6 Å². The van der Waals surface area contributed by atoms with E-state index < -0.39 is 21.5 Å². The third-order valence-corrected chi connectivity index (χ3v) is 5.28. The number of rotatable bonds is 8. The lowest BCUT2D eigenvalue weighted by Gasteiger charge is -2.31. The van der Waals surface area contributed by atoms with Crippen molar-refractivity contribution in [3.05, 3.63) is 35.4 Å². The van der Waals surface area contributed by atoms with Crippen LogP contribution in [0.15, 0.2) is 24.3 Å². The van der Waals surface area contributed by atoms with Gasteiger partial charge in [-0.15, -0.1) is 0 Å². The van der Waals surface area contributed by atoms with Crippen molar-refractivity contribution in [3.63, 3.8) is 0 Å². The van der Waals surface area contributed by atoms with Gasteiger partial charge in [0.15, 0.2) is 0 Å². The summed E-state index contributed by atoms with van der Waals surface area (Å²) in [6.45, 7) is 4.04. The van der Waals surface area contributed by atoms with Crippen LogP contribution in [-0.4, -0.2) is 33.6 Å². The molecule has 0 atom stereocenters. The first kappa shape index (κ1) is 18.6. The molecule has 6 nitrogen and oxygen atoms in total. The van der Waals surface area contributed by atoms with Gasteiger partial charge in [-0.25, -0.2) is 17.9 Å². The number of benzene rings is 1. The number of methoxy groups -OCH3 is 1. The molecule has 124 valence electrons. The normalized spacial score (nSPS) is 12.2. The summed E-state index contributed by atoms with van der Waals surface area (Å²) in [5.41, 5.74) is 5.94. The van der Waals surface area contributed by atoms with Crippen molar-refractivity contribution >= 4 is 16.0 Å². The summed E-state index contributed by atoms with van der Waals surface area (Å²) < 4.78 is 32.1. The largest absolute Gasteiger partial charge is 0.465 e. The maximum atomic E-state index is 12.4. The van der Waals surface area contributed by atoms with Gasteiger partial charge in [-0.2, -0.15) is 0 Å². The van der Waals surface area contributed by atoms with Crippen molar-refractivity contribution in [1.29, 1.82) is 0 Å². The molecule has 0 bridgehead atoms. The number of carbonyl (C=O) groups is 1. The molecule has 0 amide bonds. The van der Waals surface area contributed by atoms with E-state index in [4.69, 9.17) is 5.73 Å². The molecule has 0 spiro atoms. The van der Waals surface area contributed by atoms with Crippen molar-refractivity contribution < 1.29 is 17.9 Å². The van der Waals surface area contributed by atoms with Crippen LogP contribution in [0.3, 0.4) is 0 Å². The maximum Gasteiger partial charge on any atom is 0.337 e. The first-order valence-electron chi connectivity index (χ1n) is 7.20. The van der Waals surface area contributed by atoms with E-state index in [1.165, 1.54) is 13.2 Å². The highest BCUT2D eigenvalue weighted by Crippen LogP contribution is 2.17. The topological polar surface area (TPSA) is 98.5 Å². The Hall–Kier alpha value is -1.44. The van der Waals surface area contributed by atoms with Crippen LogP contribution in [0.4, 0.5) is 0 Å². The van der Waals surface area contributed by atoms with Crippen LogP contribution in [0.2, 0.25) is 0 Å². The summed E-state index contributed by atoms with van der Waals surface area (Å²) in [6, 6.07) is 6.39. The smallest absolute Gasteiger partial charge is 0.337 e. The molecule has 3 N–H and O–H groups in total. The summed E-state index contributed by atoms with van der Waals surface area (Å²) in [7, 11) is -2.28. The van der Waals surface area contributed by atoms with Gasteiger partial charge < -0.3 is 10.5 Å². The number of esters is 1. The van der Waals surface area contributed by atoms with Gasteiger partial charge in [-0.1, -0.05) is 26.0 Å². The molecule has 0 saturated carbocycles. The first-order chi connectivity index (χ1) is 10.3. The van der Waals surface area contributed by atoms with Crippen LogP contribution >= 0.6 is 0 Å². The van der Waals surface area contributed by atoms with Crippen molar-refractivity contribution in [2.24, 2.45) is 5.73 Å². The molecule has 0 aliphatic carbocycles. The average Bonchev–Trinajstić information content (AvgIpc) is 2.51. The summed E-state index contributed by atoms with van der Waals surface area (Å²) in [5.74, 6) is -0.704. The van der Waals surface area contributed by atoms with Gasteiger partial charge in [0, 0.05) is 12.1 Å². The van der Waals surface area contributed by atoms with Crippen molar-refractivity contribution in [2.45, 2.75) is 38.0 Å². The molecule has 0 fully saturated rings. The van der Waals surface area contributed by atoms with Crippen LogP contribution in [0.5, 0.6) is 0 Å². The van der Waals surface area contributed by atoms with Gasteiger partial charge >= 0.3 is 5.97 Å². The Morgan fingerprint density at radius 1 is 1.32 bits per heavy atom. The molecule has 0 aliphatic heterocycles. The number of hydrogen-bond donors (Lipinski definition) is 2. The predicted molar refractivity (Wildman–Crippen MR) is 85.9 cm³/mol. The van der Waals surface area contributed by atoms with Crippen LogP contribution in [0.25, 0.3) is 0 Å². The van der Waals surface area contributed by atoms with Crippen molar-refractivity contribution in [2.75, 3.05) is 13.7 Å². The molecule has 0 unspecified atom stereocenters. The maximum absolute atomic E-state index is 12.4. The second-order valence-corrected chi connectivity index (χ2v) is 6.97. The van der Waals surface area contributed by atoms with E-state index in [9.17, 15) is 13.2 Å². The molecule has 22 heavy (non-hydrogen) atoms. The number of nitrogens with one attached hydrogen (secondary N) is 1. The van der Waals surface area contributed by atoms with Crippen molar-refractivity contribution in [3.8, 4) is 0 Å². The molecule has 0 saturated heterocycles. The summed E-state index contributed by atoms with van der Waals surface area (Å²) in [5, 5.41) is 0. The lowest BCUT2D eigenvalue weighted by atomic mass is 9.95. The van der Waals surface area contributed by atoms with Gasteiger partial charge in [0.25, 0.3) is 0 Å². The van der Waals surface area contributed by atoms with E-state index in [2.05, 4.69) is 9.46 Å². The van der Waals surface area contributed by atoms with E-state index in [0.717, 1.165) is 0 Å². The second kappa shape index (κ2) is 7.71. The van der Waals surface area contributed by atoms with Gasteiger partial charge in [-0.05, 0) is 30.5 Å². The Morgan fingerprint density at radius 2 is 1.95 bits per heavy atom. The van der Waals surface area contributed by atoms with Gasteiger partial charge in [-0.3, -0.25) is 0 Å². The summed E-state index contributed by atoms with van der Waals surface area (Å²) in [6.07, 6.45) is 1.23. The Morgan fingerprint density at radius 3 is 2.45 bits per heavy atom. The highest BCUT2D eigenvalue weighted by atomic mass is 32.2. The zero-order valence-electron chi connectivity index (χ0n) is 13.3. The minimum absolute atomic E-state index is 0.209. The number of hydrogen-bond acceptors (Lipinski definition) is 5. The fraction of sp³-hybridized carbons (Fsp3) is 0.533. The molecule has 7 heteroatoms. The fourth-order valence-corrected chi connectivity index (χ4v) is 3.94. The lowest BCUT2D eigenvalue weighted by Crippen LogP contribution is -2.53. The number of sulfonamides is 1. The van der Waals surface area contributed by atoms with Crippen LogP contribution in [0, 0.1) is 0 Å². The highest BCUT2D eigenvalue weighted by Gasteiger charge is 2.29. The van der Waals surface area contributed by atoms with Gasteiger partial charge in [0.1, 0.15) is 0 Å². The summed E-state index contributed by atoms with van der Waals surface area (Å²) in [4.78, 5) is 11.5. The Kier molecular flexibility index (Phi) is 6.52. The molecule has 0 aromatic heterocycles. The molecule has 0 radical (unpaired) electrons. The van der Waals surface area contributed by atoms with Crippen LogP contribution < -0.4 is 10.5 Å². The molecule has 0 aliphatic rings. The summed E-state index contributed by atoms with van der Waals surface area (Å²) >= 11 is 0. The van der Waals surface area contributed by atoms with E-state index in [-0.39, 0.29) is 12.3 Å². The van der Waals surface area contributed by atoms with Gasteiger partial charge in [0.05, 0.1) is 18.4 Å². The standard InChI is InChI=1S/C15H24N2O4S/c1-4-15(5-2,11-16)17-22(19,20)10-12-7-6-8-13(9-12)14(18)21-3/h6-9,17H,4-5,10-11,16H2,1-3H3. The van der Waals surface area contributed by atoms with Crippen molar-refractivity contribution in [1.82, 2.24) is 4.72 Å². The second-order valence-electron chi connectivity index (χ2n) is 5.24. The predicted octanol–water partition coefficient (Wildman–Crippen LogP) is 1.41. The number of ether oxygens (including phenoxy) is 1. The Bertz CT molecular complexity index is 601. The molecular formula is C15H24N2O4S. The average molecular weight is 328 g/mol. The van der Waals surface area contributed by atoms with Crippen LogP contribution in [-0.2, 0) is 20.5 Å². The highest BCUT2D eigenvalue weighted by molar-refractivity contribution is 7.88. The minimum Gasteiger partial charge on any atom is -0.465 e. The minimum atomic E-state index is -3.56. The Labute approximate surface area is 132 Å². The third kappa shape index (κ3) is 4.79. The lowest BCUT2D eigenvalue weighted by molar-refractivity contribution is 0.0600. The third-order valence-electron chi connectivity index (χ3n) is 3.82. The zero-order valence-corrected chi connectivity index (χ0v) is 14.1. The Balaban J connectivity index is 2.95. The SMILES string of the molecule is CCC(CC)(CN)NS(=O)(=O)Cc1cccc(C(=O)OC)c1. The first-order valence-corrected chi connectivity index (χ1v) is 8.85. The van der Waals surface area contributed by atoms with E-state index in [1.807, 2.05) is 13.8 Å². The molecular weight excluding hydrogens is 304 g/mol. The zero-order chi connectivity index (χ0) is 16.8. The van der Waals surface area contributed by atoms with E-state index >= 15 is 0 Å². The van der Waals surface area contributed by atoms with Gasteiger partial charge in [0.2, 0.25) is 10.0 Å².